The first kappa shape index (κ1) is 54.5. The number of aliphatic hydroxyl groups is 1. The molecule has 0 bridgehead atoms. The fourth-order valence-corrected chi connectivity index (χ4v) is 18.7. The van der Waals surface area contributed by atoms with E-state index in [1.165, 1.54) is 0 Å². The van der Waals surface area contributed by atoms with Crippen LogP contribution in [0.25, 0.3) is 0 Å². The molecular weight excluding hydrogens is 979 g/mol. The molecule has 8 nitrogen and oxygen atoms in total. The van der Waals surface area contributed by atoms with Crippen LogP contribution in [0, 0.1) is 11.8 Å². The van der Waals surface area contributed by atoms with Gasteiger partial charge in [0.2, 0.25) is 20.1 Å². The molecule has 0 aromatic heterocycles. The number of nitrogens with zero attached hydrogens (tertiary/aromatic N) is 2. The molecule has 0 spiro atoms. The summed E-state index contributed by atoms with van der Waals surface area (Å²) in [5.74, 6) is 1.52. The van der Waals surface area contributed by atoms with Crippen LogP contribution in [-0.2, 0) is 40.1 Å². The molecule has 70 heavy (non-hydrogen) atoms. The molecule has 2 saturated carbocycles. The van der Waals surface area contributed by atoms with Gasteiger partial charge >= 0.3 is 0 Å². The lowest BCUT2D eigenvalue weighted by atomic mass is 9.92. The second-order valence-electron chi connectivity index (χ2n) is 21.1. The molecule has 2 amide bonds. The fraction of sp³-hybridized carbons (Fsp3) is 0.544. The second-order valence-corrected chi connectivity index (χ2v) is 28.1. The average Bonchev–Trinajstić information content (AvgIpc) is 3.90. The Balaban J connectivity index is 0.000000215. The van der Waals surface area contributed by atoms with E-state index < -0.39 is 8.32 Å². The molecule has 2 aliphatic heterocycles. The summed E-state index contributed by atoms with van der Waals surface area (Å²) in [4.78, 5) is 30.7. The number of hydrogen-bond acceptors (Lipinski definition) is 6. The van der Waals surface area contributed by atoms with Crippen LogP contribution in [0.2, 0.25) is 36.7 Å². The second kappa shape index (κ2) is 25.1. The highest BCUT2D eigenvalue weighted by Crippen LogP contribution is 2.45. The minimum Gasteiger partial charge on any atom is -0.489 e. The third-order valence-electron chi connectivity index (χ3n) is 15.6. The first-order valence-electron chi connectivity index (χ1n) is 25.8. The summed E-state index contributed by atoms with van der Waals surface area (Å²) in [6.07, 6.45) is 10.3. The largest absolute Gasteiger partial charge is 0.489 e. The van der Waals surface area contributed by atoms with Gasteiger partial charge in [-0.15, -0.1) is 0 Å². The molecule has 0 radical (unpaired) electrons. The molecular formula is C57H74Cl4N2O6Si. The van der Waals surface area contributed by atoms with Crippen LogP contribution in [0.4, 0.5) is 0 Å². The maximum atomic E-state index is 13.5. The summed E-state index contributed by atoms with van der Waals surface area (Å²) >= 11 is 26.4. The molecule has 380 valence electrons. The number of carbonyl (C=O) groups excluding carboxylic acids is 2. The van der Waals surface area contributed by atoms with E-state index in [9.17, 15) is 14.7 Å². The van der Waals surface area contributed by atoms with Crippen LogP contribution in [0.5, 0.6) is 11.5 Å². The van der Waals surface area contributed by atoms with Crippen molar-refractivity contribution >= 4 is 66.5 Å². The summed E-state index contributed by atoms with van der Waals surface area (Å²) in [5.41, 5.74) is 5.57. The molecule has 13 heteroatoms. The SMILES string of the molecule is CC(C)[Si](OC1CCC(N2CC[C@@H](Cc3c(Cl)cc(OCc4ccccc4)cc3Cl)C2=O)CC1)(C(C)C)C(C)C.O=C1[C@H](Cc2c(Cl)cc(OCc3ccccc3)cc2Cl)CCN1C1CCC(O)CC1. The highest BCUT2D eigenvalue weighted by molar-refractivity contribution is 6.77. The van der Waals surface area contributed by atoms with Gasteiger partial charge in [0.15, 0.2) is 0 Å². The lowest BCUT2D eigenvalue weighted by Gasteiger charge is -2.46. The van der Waals surface area contributed by atoms with Crippen molar-refractivity contribution in [3.05, 3.63) is 127 Å². The lowest BCUT2D eigenvalue weighted by molar-refractivity contribution is -0.134. The normalized spacial score (nSPS) is 23.1. The van der Waals surface area contributed by atoms with Crippen molar-refractivity contribution in [3.8, 4) is 11.5 Å². The van der Waals surface area contributed by atoms with Gasteiger partial charge in [-0.2, -0.15) is 0 Å². The zero-order valence-electron chi connectivity index (χ0n) is 42.0. The summed E-state index contributed by atoms with van der Waals surface area (Å²) in [6, 6.07) is 27.7. The highest BCUT2D eigenvalue weighted by Gasteiger charge is 2.48. The fourth-order valence-electron chi connectivity index (χ4n) is 11.9. The van der Waals surface area contributed by atoms with Crippen LogP contribution in [0.1, 0.15) is 128 Å². The van der Waals surface area contributed by atoms with Gasteiger partial charge in [-0.25, -0.2) is 0 Å². The monoisotopic (exact) mass is 1050 g/mol. The van der Waals surface area contributed by atoms with E-state index in [1.807, 2.05) is 77.7 Å². The Kier molecular flexibility index (Phi) is 19.5. The van der Waals surface area contributed by atoms with Crippen LogP contribution in [0.3, 0.4) is 0 Å². The van der Waals surface area contributed by atoms with Crippen LogP contribution < -0.4 is 9.47 Å². The summed E-state index contributed by atoms with van der Waals surface area (Å²) < 4.78 is 18.8. The van der Waals surface area contributed by atoms with Crippen molar-refractivity contribution in [3.63, 3.8) is 0 Å². The molecule has 4 aromatic carbocycles. The van der Waals surface area contributed by atoms with Crippen molar-refractivity contribution in [1.82, 2.24) is 9.80 Å². The van der Waals surface area contributed by atoms with Gasteiger partial charge < -0.3 is 28.8 Å². The Morgan fingerprint density at radius 1 is 0.543 bits per heavy atom. The van der Waals surface area contributed by atoms with Gasteiger partial charge in [-0.05, 0) is 140 Å². The first-order valence-corrected chi connectivity index (χ1v) is 29.4. The standard InChI is InChI=1S/C33H47Cl2NO3Si.C24H27Cl2NO3/c1-22(2)40(23(3)4,24(5)6)39-28-14-12-27(13-15-28)36-17-16-26(33(36)37)18-30-31(34)19-29(20-32(30)35)38-21-25-10-8-7-9-11-25;25-22-13-20(30-15-16-4-2-1-3-5-16)14-23(26)21(22)12-17-10-11-27(24(17)29)18-6-8-19(28)9-7-18/h7-11,19-20,22-24,26-28H,12-18,21H2,1-6H3;1-5,13-14,17-19,28H,6-12,15H2/t26-,27?,28?;17-,18?,19?/m00/s1. The zero-order chi connectivity index (χ0) is 50.1. The zero-order valence-corrected chi connectivity index (χ0v) is 46.0. The van der Waals surface area contributed by atoms with E-state index in [0.717, 1.165) is 99.6 Å². The molecule has 8 rings (SSSR count). The Labute approximate surface area is 438 Å². The van der Waals surface area contributed by atoms with Crippen molar-refractivity contribution < 1.29 is 28.6 Å². The maximum absolute atomic E-state index is 13.5. The van der Waals surface area contributed by atoms with Crippen molar-refractivity contribution in [2.75, 3.05) is 13.1 Å². The van der Waals surface area contributed by atoms with E-state index in [-0.39, 0.29) is 35.8 Å². The molecule has 0 unspecified atom stereocenters. The van der Waals surface area contributed by atoms with Gasteiger partial charge in [0.25, 0.3) is 0 Å². The number of aliphatic hydroxyl groups excluding tert-OH is 1. The number of ether oxygens (including phenoxy) is 2. The van der Waals surface area contributed by atoms with Gasteiger partial charge in [-0.1, -0.05) is 149 Å². The smallest absolute Gasteiger partial charge is 0.226 e. The van der Waals surface area contributed by atoms with E-state index >= 15 is 0 Å². The molecule has 2 heterocycles. The number of amides is 2. The molecule has 2 saturated heterocycles. The average molecular weight is 1050 g/mol. The minimum absolute atomic E-state index is 0.0806. The number of hydrogen-bond donors (Lipinski definition) is 1. The molecule has 1 N–H and O–H groups in total. The quantitative estimate of drug-likeness (QED) is 0.106. The van der Waals surface area contributed by atoms with E-state index in [4.69, 9.17) is 60.3 Å². The number of halogens is 4. The number of benzene rings is 4. The van der Waals surface area contributed by atoms with Gasteiger partial charge in [0.1, 0.15) is 24.7 Å². The van der Waals surface area contributed by atoms with Gasteiger partial charge in [0, 0.05) is 63.2 Å². The lowest BCUT2D eigenvalue weighted by Crippen LogP contribution is -2.51. The van der Waals surface area contributed by atoms with E-state index in [1.54, 1.807) is 12.1 Å². The Morgan fingerprint density at radius 2 is 0.900 bits per heavy atom. The highest BCUT2D eigenvalue weighted by atomic mass is 35.5. The predicted octanol–water partition coefficient (Wildman–Crippen LogP) is 14.7. The third-order valence-corrected chi connectivity index (χ3v) is 23.1. The number of rotatable bonds is 17. The Hall–Kier alpha value is -3.28. The van der Waals surface area contributed by atoms with Crippen LogP contribution >= 0.6 is 46.4 Å². The molecule has 4 fully saturated rings. The van der Waals surface area contributed by atoms with E-state index in [0.29, 0.717) is 86.4 Å². The number of likely N-dealkylation sites (tertiary alicyclic amines) is 2. The van der Waals surface area contributed by atoms with Crippen LogP contribution in [-0.4, -0.2) is 72.4 Å². The number of carbonyl (C=O) groups is 2. The van der Waals surface area contributed by atoms with Gasteiger partial charge in [-0.3, -0.25) is 9.59 Å². The molecule has 4 aromatic rings. The topological polar surface area (TPSA) is 88.5 Å². The van der Waals surface area contributed by atoms with Crippen molar-refractivity contribution in [1.29, 1.82) is 0 Å². The predicted molar refractivity (Wildman–Crippen MR) is 288 cm³/mol. The molecule has 2 atom stereocenters. The van der Waals surface area contributed by atoms with Crippen molar-refractivity contribution in [2.24, 2.45) is 11.8 Å². The Bertz CT molecular complexity index is 2270. The summed E-state index contributed by atoms with van der Waals surface area (Å²) in [7, 11) is -1.89. The third kappa shape index (κ3) is 13.5. The summed E-state index contributed by atoms with van der Waals surface area (Å²) in [6.45, 7) is 16.6. The maximum Gasteiger partial charge on any atom is 0.226 e. The molecule has 4 aliphatic rings. The Morgan fingerprint density at radius 3 is 1.26 bits per heavy atom. The van der Waals surface area contributed by atoms with E-state index in [2.05, 4.69) is 46.4 Å². The van der Waals surface area contributed by atoms with Crippen molar-refractivity contribution in [2.45, 2.75) is 173 Å². The first-order chi connectivity index (χ1) is 33.5. The minimum atomic E-state index is -1.89. The molecule has 2 aliphatic carbocycles. The summed E-state index contributed by atoms with van der Waals surface area (Å²) in [5, 5.41) is 11.9. The van der Waals surface area contributed by atoms with Gasteiger partial charge in [0.05, 0.1) is 6.10 Å². The van der Waals surface area contributed by atoms with Crippen LogP contribution in [0.15, 0.2) is 84.9 Å².